The van der Waals surface area contributed by atoms with Crippen molar-refractivity contribution in [1.29, 1.82) is 10.5 Å². The molecule has 0 spiro atoms. The number of halogens is 4. The van der Waals surface area contributed by atoms with Crippen LogP contribution in [0.5, 0.6) is 11.5 Å². The molecule has 14 heteroatoms. The molecule has 204 valence electrons. The average Bonchev–Trinajstić information content (AvgIpc) is 3.21. The molecule has 3 rings (SSSR count). The van der Waals surface area contributed by atoms with Gasteiger partial charge in [0, 0.05) is 18.7 Å². The first-order valence-electron chi connectivity index (χ1n) is 11.3. The van der Waals surface area contributed by atoms with Gasteiger partial charge in [-0.25, -0.2) is 12.8 Å². The first-order valence-corrected chi connectivity index (χ1v) is 12.7. The number of benzene rings is 2. The SMILES string of the molecule is CCCCOc1cc(C#N)c(F)cc1OC1CN(S(=O)(=O)c2ccc(C(F)(F)F)cc2C#N)C[C@@]1(O)CO. The molecule has 38 heavy (non-hydrogen) atoms. The van der Waals surface area contributed by atoms with Crippen LogP contribution in [0.2, 0.25) is 0 Å². The molecule has 1 heterocycles. The maximum absolute atomic E-state index is 14.4. The summed E-state index contributed by atoms with van der Waals surface area (Å²) < 4.78 is 92.0. The Morgan fingerprint density at radius 3 is 2.42 bits per heavy atom. The fourth-order valence-corrected chi connectivity index (χ4v) is 5.40. The standard InChI is InChI=1S/C24H23F4N3O6S/c1-2-3-6-36-19-8-15(10-29)18(25)9-20(19)37-22-12-31(13-23(22,33)14-32)38(34,35)21-5-4-17(24(26,27)28)7-16(21)11-30/h4-5,7-9,22,32-33H,2-3,6,12-14H2,1H3/t22?,23-/m1/s1. The molecule has 1 fully saturated rings. The molecule has 0 aromatic heterocycles. The van der Waals surface area contributed by atoms with E-state index >= 15 is 0 Å². The number of β-amino-alcohol motifs (C(OH)–C–C–N with tert-alkyl or cyclic N) is 1. The van der Waals surface area contributed by atoms with Gasteiger partial charge in [0.25, 0.3) is 0 Å². The zero-order valence-electron chi connectivity index (χ0n) is 20.0. The van der Waals surface area contributed by atoms with E-state index in [1.165, 1.54) is 6.07 Å². The van der Waals surface area contributed by atoms with Crippen LogP contribution < -0.4 is 9.47 Å². The predicted molar refractivity (Wildman–Crippen MR) is 123 cm³/mol. The van der Waals surface area contributed by atoms with E-state index in [-0.39, 0.29) is 23.7 Å². The highest BCUT2D eigenvalue weighted by atomic mass is 32.2. The number of aliphatic hydroxyl groups is 2. The lowest BCUT2D eigenvalue weighted by molar-refractivity contribution is -0.137. The Morgan fingerprint density at radius 1 is 1.16 bits per heavy atom. The molecule has 9 nitrogen and oxygen atoms in total. The maximum atomic E-state index is 14.4. The number of alkyl halides is 3. The fraction of sp³-hybridized carbons (Fsp3) is 0.417. The van der Waals surface area contributed by atoms with E-state index in [1.54, 1.807) is 6.07 Å². The number of hydrogen-bond acceptors (Lipinski definition) is 8. The normalized spacial score (nSPS) is 20.1. The molecule has 1 aliphatic heterocycles. The van der Waals surface area contributed by atoms with Crippen LogP contribution in [0.25, 0.3) is 0 Å². The van der Waals surface area contributed by atoms with E-state index < -0.39 is 69.4 Å². The Hall–Kier alpha value is -3.43. The first kappa shape index (κ1) is 29.1. The largest absolute Gasteiger partial charge is 0.490 e. The van der Waals surface area contributed by atoms with Crippen molar-refractivity contribution >= 4 is 10.0 Å². The first-order chi connectivity index (χ1) is 17.8. The minimum Gasteiger partial charge on any atom is -0.490 e. The summed E-state index contributed by atoms with van der Waals surface area (Å²) in [5.74, 6) is -1.28. The summed E-state index contributed by atoms with van der Waals surface area (Å²) in [6.45, 7) is -0.264. The molecule has 0 aliphatic carbocycles. The maximum Gasteiger partial charge on any atom is 0.416 e. The number of nitrogens with zero attached hydrogens (tertiary/aromatic N) is 3. The van der Waals surface area contributed by atoms with E-state index in [9.17, 15) is 41.5 Å². The number of ether oxygens (including phenoxy) is 2. The summed E-state index contributed by atoms with van der Waals surface area (Å²) in [6, 6.07) is 6.56. The summed E-state index contributed by atoms with van der Waals surface area (Å²) in [4.78, 5) is -0.734. The van der Waals surface area contributed by atoms with Crippen molar-refractivity contribution in [2.75, 3.05) is 26.3 Å². The van der Waals surface area contributed by atoms with Crippen molar-refractivity contribution in [1.82, 2.24) is 4.31 Å². The van der Waals surface area contributed by atoms with Gasteiger partial charge in [-0.15, -0.1) is 0 Å². The number of unbranched alkanes of at least 4 members (excludes halogenated alkanes) is 1. The molecule has 0 saturated carbocycles. The third-order valence-electron chi connectivity index (χ3n) is 5.92. The minimum absolute atomic E-state index is 0.0486. The molecule has 1 unspecified atom stereocenters. The predicted octanol–water partition coefficient (Wildman–Crippen LogP) is 2.94. The van der Waals surface area contributed by atoms with Gasteiger partial charge in [0.1, 0.15) is 29.7 Å². The van der Waals surface area contributed by atoms with Crippen molar-refractivity contribution in [3.8, 4) is 23.6 Å². The van der Waals surface area contributed by atoms with Crippen molar-refractivity contribution in [2.24, 2.45) is 0 Å². The van der Waals surface area contributed by atoms with E-state index in [4.69, 9.17) is 14.7 Å². The van der Waals surface area contributed by atoms with Crippen molar-refractivity contribution in [3.05, 3.63) is 52.8 Å². The number of nitriles is 2. The van der Waals surface area contributed by atoms with Gasteiger partial charge in [0.2, 0.25) is 10.0 Å². The quantitative estimate of drug-likeness (QED) is 0.354. The molecular weight excluding hydrogens is 534 g/mol. The average molecular weight is 558 g/mol. The van der Waals surface area contributed by atoms with Gasteiger partial charge < -0.3 is 19.7 Å². The monoisotopic (exact) mass is 557 g/mol. The summed E-state index contributed by atoms with van der Waals surface area (Å²) in [5.41, 5.74) is -4.54. The van der Waals surface area contributed by atoms with Crippen molar-refractivity contribution < 1.29 is 45.7 Å². The Bertz CT molecular complexity index is 1390. The highest BCUT2D eigenvalue weighted by Gasteiger charge is 2.51. The number of rotatable bonds is 9. The van der Waals surface area contributed by atoms with Gasteiger partial charge >= 0.3 is 6.18 Å². The Balaban J connectivity index is 1.96. The van der Waals surface area contributed by atoms with Crippen LogP contribution in [0.1, 0.15) is 36.5 Å². The summed E-state index contributed by atoms with van der Waals surface area (Å²) in [5, 5.41) is 39.3. The van der Waals surface area contributed by atoms with Gasteiger partial charge in [-0.2, -0.15) is 28.0 Å². The van der Waals surface area contributed by atoms with Crippen LogP contribution in [0.4, 0.5) is 17.6 Å². The van der Waals surface area contributed by atoms with Crippen LogP contribution in [-0.4, -0.2) is 60.9 Å². The highest BCUT2D eigenvalue weighted by Crippen LogP contribution is 2.37. The zero-order chi connectivity index (χ0) is 28.3. The lowest BCUT2D eigenvalue weighted by Crippen LogP contribution is -2.48. The van der Waals surface area contributed by atoms with Gasteiger partial charge in [0.05, 0.1) is 41.3 Å². The van der Waals surface area contributed by atoms with Crippen LogP contribution in [0.3, 0.4) is 0 Å². The van der Waals surface area contributed by atoms with Crippen LogP contribution in [0, 0.1) is 28.5 Å². The smallest absolute Gasteiger partial charge is 0.416 e. The van der Waals surface area contributed by atoms with Gasteiger partial charge in [-0.1, -0.05) is 13.3 Å². The van der Waals surface area contributed by atoms with E-state index in [0.717, 1.165) is 18.6 Å². The third kappa shape index (κ3) is 5.84. The minimum atomic E-state index is -4.81. The highest BCUT2D eigenvalue weighted by molar-refractivity contribution is 7.89. The molecule has 0 amide bonds. The topological polar surface area (TPSA) is 144 Å². The second kappa shape index (κ2) is 11.1. The fourth-order valence-electron chi connectivity index (χ4n) is 3.77. The molecule has 2 aromatic rings. The second-order valence-electron chi connectivity index (χ2n) is 8.58. The molecule has 2 atom stereocenters. The van der Waals surface area contributed by atoms with Crippen LogP contribution in [-0.2, 0) is 16.2 Å². The lowest BCUT2D eigenvalue weighted by Gasteiger charge is -2.27. The summed E-state index contributed by atoms with van der Waals surface area (Å²) in [7, 11) is -4.65. The van der Waals surface area contributed by atoms with E-state index in [2.05, 4.69) is 0 Å². The van der Waals surface area contributed by atoms with E-state index in [1.807, 2.05) is 6.92 Å². The Kier molecular flexibility index (Phi) is 8.53. The Labute approximate surface area is 216 Å². The molecule has 0 radical (unpaired) electrons. The number of aliphatic hydroxyl groups excluding tert-OH is 1. The molecule has 2 N–H and O–H groups in total. The number of sulfonamides is 1. The van der Waals surface area contributed by atoms with Crippen LogP contribution in [0.15, 0.2) is 35.2 Å². The summed E-state index contributed by atoms with van der Waals surface area (Å²) in [6.07, 6.45) is -4.92. The zero-order valence-corrected chi connectivity index (χ0v) is 20.8. The third-order valence-corrected chi connectivity index (χ3v) is 7.79. The van der Waals surface area contributed by atoms with Gasteiger partial charge in [-0.3, -0.25) is 0 Å². The molecule has 1 saturated heterocycles. The second-order valence-corrected chi connectivity index (χ2v) is 10.5. The molecular formula is C24H23F4N3O6S. The van der Waals surface area contributed by atoms with Gasteiger partial charge in [-0.05, 0) is 24.6 Å². The Morgan fingerprint density at radius 2 is 1.84 bits per heavy atom. The number of hydrogen-bond donors (Lipinski definition) is 2. The van der Waals surface area contributed by atoms with Crippen LogP contribution >= 0.6 is 0 Å². The van der Waals surface area contributed by atoms with Crippen molar-refractivity contribution in [2.45, 2.75) is 42.5 Å². The molecule has 2 aromatic carbocycles. The molecule has 0 bridgehead atoms. The van der Waals surface area contributed by atoms with Gasteiger partial charge in [0.15, 0.2) is 11.5 Å². The lowest BCUT2D eigenvalue weighted by atomic mass is 10.0. The molecule has 1 aliphatic rings. The van der Waals surface area contributed by atoms with E-state index in [0.29, 0.717) is 28.9 Å². The van der Waals surface area contributed by atoms with Crippen molar-refractivity contribution in [3.63, 3.8) is 0 Å². The summed E-state index contributed by atoms with van der Waals surface area (Å²) >= 11 is 0.